The van der Waals surface area contributed by atoms with Gasteiger partial charge in [-0.05, 0) is 41.1 Å². The normalized spacial score (nSPS) is 15.6. The fourth-order valence-corrected chi connectivity index (χ4v) is 3.21. The van der Waals surface area contributed by atoms with Gasteiger partial charge in [0.1, 0.15) is 17.3 Å². The highest BCUT2D eigenvalue weighted by Gasteiger charge is 2.36. The Morgan fingerprint density at radius 1 is 1.04 bits per heavy atom. The van der Waals surface area contributed by atoms with Gasteiger partial charge in [-0.15, -0.1) is 0 Å². The Morgan fingerprint density at radius 3 is 2.50 bits per heavy atom. The fourth-order valence-electron chi connectivity index (χ4n) is 3.21. The Labute approximate surface area is 156 Å². The van der Waals surface area contributed by atoms with E-state index in [2.05, 4.69) is 0 Å². The molecule has 0 bridgehead atoms. The second-order valence-electron chi connectivity index (χ2n) is 6.18. The lowest BCUT2D eigenvalue weighted by atomic mass is 9.96. The minimum atomic E-state index is -1.52. The first-order valence-electron chi connectivity index (χ1n) is 8.17. The highest BCUT2D eigenvalue weighted by molar-refractivity contribution is 5.94. The van der Waals surface area contributed by atoms with Crippen LogP contribution in [-0.2, 0) is 0 Å². The van der Waals surface area contributed by atoms with Crippen molar-refractivity contribution in [1.29, 1.82) is 0 Å². The average molecular weight is 387 g/mol. The first-order chi connectivity index (χ1) is 13.4. The van der Waals surface area contributed by atoms with Crippen molar-refractivity contribution in [2.45, 2.75) is 6.10 Å². The molecule has 0 radical (unpaired) electrons. The number of methoxy groups -OCH3 is 1. The van der Waals surface area contributed by atoms with Gasteiger partial charge in [0, 0.05) is 23.3 Å². The zero-order chi connectivity index (χ0) is 20.0. The van der Waals surface area contributed by atoms with Crippen LogP contribution in [0.25, 0.3) is 16.8 Å². The molecule has 0 amide bonds. The van der Waals surface area contributed by atoms with Gasteiger partial charge in [-0.2, -0.15) is 0 Å². The average Bonchev–Trinajstić information content (AvgIpc) is 2.69. The molecule has 0 aromatic heterocycles. The smallest absolute Gasteiger partial charge is 0.291 e. The van der Waals surface area contributed by atoms with Gasteiger partial charge in [0.2, 0.25) is 6.10 Å². The molecule has 1 heterocycles. The van der Waals surface area contributed by atoms with E-state index >= 15 is 0 Å². The van der Waals surface area contributed by atoms with E-state index in [0.717, 1.165) is 5.39 Å². The van der Waals surface area contributed by atoms with Crippen LogP contribution < -0.4 is 9.47 Å². The lowest BCUT2D eigenvalue weighted by Crippen LogP contribution is -2.21. The van der Waals surface area contributed by atoms with Gasteiger partial charge >= 0.3 is 0 Å². The van der Waals surface area contributed by atoms with E-state index in [1.807, 2.05) is 0 Å². The maximum absolute atomic E-state index is 14.2. The fraction of sp³-hybridized carbons (Fsp3) is 0.100. The second-order valence-corrected chi connectivity index (χ2v) is 6.18. The van der Waals surface area contributed by atoms with Crippen molar-refractivity contribution in [3.05, 3.63) is 86.9 Å². The minimum Gasteiger partial charge on any atom is -0.497 e. The van der Waals surface area contributed by atoms with Crippen molar-refractivity contribution in [2.75, 3.05) is 7.11 Å². The number of halogens is 3. The van der Waals surface area contributed by atoms with Crippen molar-refractivity contribution >= 4 is 16.8 Å². The van der Waals surface area contributed by atoms with Crippen molar-refractivity contribution in [3.8, 4) is 11.5 Å². The molecule has 1 atom stereocenters. The third-order valence-electron chi connectivity index (χ3n) is 4.57. The first kappa shape index (κ1) is 17.8. The molecule has 0 N–H and O–H groups in total. The van der Waals surface area contributed by atoms with Crippen molar-refractivity contribution in [2.24, 2.45) is 0 Å². The Bertz CT molecular complexity index is 1160. The molecule has 0 spiro atoms. The molecule has 1 unspecified atom stereocenters. The van der Waals surface area contributed by atoms with Crippen molar-refractivity contribution in [1.82, 2.24) is 0 Å². The molecular weight excluding hydrogens is 375 g/mol. The maximum atomic E-state index is 14.2. The molecule has 0 aliphatic carbocycles. The predicted molar refractivity (Wildman–Crippen MR) is 95.2 cm³/mol. The third kappa shape index (κ3) is 2.83. The molecule has 5 nitrogen and oxygen atoms in total. The monoisotopic (exact) mass is 387 g/mol. The lowest BCUT2D eigenvalue weighted by molar-refractivity contribution is -0.434. The predicted octanol–water partition coefficient (Wildman–Crippen LogP) is 5.02. The van der Waals surface area contributed by atoms with Crippen LogP contribution in [0, 0.1) is 27.6 Å². The van der Waals surface area contributed by atoms with Crippen LogP contribution in [0.15, 0.2) is 48.2 Å². The molecule has 142 valence electrons. The standard InChI is InChI=1S/C20H12F3NO4/c1-27-11-3-4-12-10(6-11)2-5-19-13(12)8-18(24(25)26)20(28-19)14-7-16(22)17(23)9-15(14)21/h2-9,20H,1H3. The lowest BCUT2D eigenvalue weighted by Gasteiger charge is -2.24. The molecule has 0 saturated heterocycles. The number of hydrogen-bond donors (Lipinski definition) is 0. The topological polar surface area (TPSA) is 61.6 Å². The van der Waals surface area contributed by atoms with Crippen molar-refractivity contribution in [3.63, 3.8) is 0 Å². The molecular formula is C20H12F3NO4. The Balaban J connectivity index is 1.90. The molecule has 1 aliphatic rings. The van der Waals surface area contributed by atoms with E-state index in [-0.39, 0.29) is 5.75 Å². The second kappa shape index (κ2) is 6.56. The number of fused-ring (bicyclic) bond motifs is 3. The minimum absolute atomic E-state index is 0.261. The van der Waals surface area contributed by atoms with Crippen LogP contribution in [0.2, 0.25) is 0 Å². The largest absolute Gasteiger partial charge is 0.497 e. The number of ether oxygens (including phenoxy) is 2. The first-order valence-corrected chi connectivity index (χ1v) is 8.17. The molecule has 8 heteroatoms. The summed E-state index contributed by atoms with van der Waals surface area (Å²) in [5.41, 5.74) is -0.505. The summed E-state index contributed by atoms with van der Waals surface area (Å²) < 4.78 is 51.9. The summed E-state index contributed by atoms with van der Waals surface area (Å²) in [6, 6.07) is 9.40. The summed E-state index contributed by atoms with van der Waals surface area (Å²) >= 11 is 0. The van der Waals surface area contributed by atoms with Crippen LogP contribution in [0.1, 0.15) is 17.2 Å². The van der Waals surface area contributed by atoms with E-state index in [9.17, 15) is 23.3 Å². The van der Waals surface area contributed by atoms with Crippen LogP contribution >= 0.6 is 0 Å². The summed E-state index contributed by atoms with van der Waals surface area (Å²) in [5, 5.41) is 13.0. The molecule has 3 aromatic carbocycles. The summed E-state index contributed by atoms with van der Waals surface area (Å²) in [7, 11) is 1.52. The molecule has 0 fully saturated rings. The molecule has 1 aliphatic heterocycles. The zero-order valence-electron chi connectivity index (χ0n) is 14.4. The Hall–Kier alpha value is -3.55. The van der Waals surface area contributed by atoms with Gasteiger partial charge in [-0.25, -0.2) is 13.2 Å². The van der Waals surface area contributed by atoms with Crippen LogP contribution in [-0.4, -0.2) is 12.0 Å². The molecule has 4 rings (SSSR count). The summed E-state index contributed by atoms with van der Waals surface area (Å²) in [6.45, 7) is 0. The molecule has 0 saturated carbocycles. The van der Waals surface area contributed by atoms with Crippen molar-refractivity contribution < 1.29 is 27.6 Å². The van der Waals surface area contributed by atoms with Crippen LogP contribution in [0.3, 0.4) is 0 Å². The van der Waals surface area contributed by atoms with Gasteiger partial charge in [0.15, 0.2) is 11.6 Å². The van der Waals surface area contributed by atoms with Gasteiger partial charge in [-0.3, -0.25) is 10.1 Å². The third-order valence-corrected chi connectivity index (χ3v) is 4.57. The van der Waals surface area contributed by atoms with E-state index < -0.39 is 39.7 Å². The number of hydrogen-bond acceptors (Lipinski definition) is 4. The van der Waals surface area contributed by atoms with Gasteiger partial charge in [0.25, 0.3) is 5.70 Å². The number of nitro groups is 1. The summed E-state index contributed by atoms with van der Waals surface area (Å²) in [4.78, 5) is 10.9. The van der Waals surface area contributed by atoms with Gasteiger partial charge < -0.3 is 9.47 Å². The van der Waals surface area contributed by atoms with Crippen LogP contribution in [0.4, 0.5) is 13.2 Å². The maximum Gasteiger partial charge on any atom is 0.291 e. The van der Waals surface area contributed by atoms with E-state index in [1.54, 1.807) is 30.3 Å². The summed E-state index contributed by atoms with van der Waals surface area (Å²) in [6.07, 6.45) is -0.257. The highest BCUT2D eigenvalue weighted by atomic mass is 19.2. The van der Waals surface area contributed by atoms with Gasteiger partial charge in [-0.1, -0.05) is 6.07 Å². The van der Waals surface area contributed by atoms with Gasteiger partial charge in [0.05, 0.1) is 12.0 Å². The number of benzene rings is 3. The summed E-state index contributed by atoms with van der Waals surface area (Å²) in [5.74, 6) is -2.96. The zero-order valence-corrected chi connectivity index (χ0v) is 14.4. The van der Waals surface area contributed by atoms with E-state index in [4.69, 9.17) is 9.47 Å². The highest BCUT2D eigenvalue weighted by Crippen LogP contribution is 2.42. The Kier molecular flexibility index (Phi) is 4.18. The van der Waals surface area contributed by atoms with E-state index in [0.29, 0.717) is 28.8 Å². The number of nitrogens with zero attached hydrogens (tertiary/aromatic N) is 1. The number of rotatable bonds is 3. The molecule has 28 heavy (non-hydrogen) atoms. The van der Waals surface area contributed by atoms with Crippen LogP contribution in [0.5, 0.6) is 11.5 Å². The molecule has 3 aromatic rings. The SMILES string of the molecule is COc1ccc2c3c(ccc2c1)OC(c1cc(F)c(F)cc1F)C([N+](=O)[O-])=C3. The quantitative estimate of drug-likeness (QED) is 0.360. The van der Waals surface area contributed by atoms with E-state index in [1.165, 1.54) is 13.2 Å². The Morgan fingerprint density at radius 2 is 1.79 bits per heavy atom.